The van der Waals surface area contributed by atoms with Crippen molar-refractivity contribution in [3.63, 3.8) is 0 Å². The van der Waals surface area contributed by atoms with E-state index in [0.29, 0.717) is 25.3 Å². The molecule has 6 nitrogen and oxygen atoms in total. The number of amides is 1. The minimum atomic E-state index is -0.752. The number of anilines is 1. The number of nitrogens with zero attached hydrogens (tertiary/aromatic N) is 1. The number of carbonyl (C=O) groups excluding carboxylic acids is 1. The monoisotopic (exact) mass is 384 g/mol. The van der Waals surface area contributed by atoms with Crippen molar-refractivity contribution in [1.82, 2.24) is 5.32 Å². The molecule has 2 unspecified atom stereocenters. The second-order valence-electron chi connectivity index (χ2n) is 6.83. The van der Waals surface area contributed by atoms with Gasteiger partial charge in [0.1, 0.15) is 5.82 Å². The molecule has 0 radical (unpaired) electrons. The third-order valence-corrected chi connectivity index (χ3v) is 4.78. The highest BCUT2D eigenvalue weighted by Crippen LogP contribution is 2.35. The molecule has 1 amide bonds. The lowest BCUT2D eigenvalue weighted by atomic mass is 10.1. The van der Waals surface area contributed by atoms with Crippen molar-refractivity contribution in [1.29, 1.82) is 0 Å². The quantitative estimate of drug-likeness (QED) is 0.847. The fourth-order valence-electron chi connectivity index (χ4n) is 3.34. The first kappa shape index (κ1) is 18.5. The third kappa shape index (κ3) is 4.00. The molecule has 4 rings (SSSR count). The number of carbonyl (C=O) groups is 1. The van der Waals surface area contributed by atoms with E-state index in [0.717, 1.165) is 11.3 Å². The first-order chi connectivity index (χ1) is 13.6. The average molecular weight is 384 g/mol. The minimum absolute atomic E-state index is 0.119. The van der Waals surface area contributed by atoms with Gasteiger partial charge in [-0.2, -0.15) is 0 Å². The fourth-order valence-corrected chi connectivity index (χ4v) is 3.34. The van der Waals surface area contributed by atoms with Crippen LogP contribution in [0.2, 0.25) is 0 Å². The van der Waals surface area contributed by atoms with Gasteiger partial charge in [-0.05, 0) is 36.2 Å². The zero-order valence-electron chi connectivity index (χ0n) is 15.2. The highest BCUT2D eigenvalue weighted by molar-refractivity contribution is 5.93. The SMILES string of the molecule is O=C(NC1CCOCC1O)C1=CN(Cc2cccc(F)c2)c2ccccc2O1. The molecule has 2 aromatic rings. The van der Waals surface area contributed by atoms with E-state index in [2.05, 4.69) is 5.32 Å². The summed E-state index contributed by atoms with van der Waals surface area (Å²) in [5.41, 5.74) is 1.56. The van der Waals surface area contributed by atoms with Crippen LogP contribution in [0.1, 0.15) is 12.0 Å². The topological polar surface area (TPSA) is 71.0 Å². The minimum Gasteiger partial charge on any atom is -0.448 e. The van der Waals surface area contributed by atoms with Gasteiger partial charge in [0, 0.05) is 13.2 Å². The third-order valence-electron chi connectivity index (χ3n) is 4.78. The molecule has 1 saturated heterocycles. The molecule has 1 fully saturated rings. The van der Waals surface area contributed by atoms with E-state index in [4.69, 9.17) is 9.47 Å². The average Bonchev–Trinajstić information content (AvgIpc) is 2.69. The number of halogens is 1. The van der Waals surface area contributed by atoms with Crippen LogP contribution in [0, 0.1) is 5.82 Å². The molecule has 0 saturated carbocycles. The summed E-state index contributed by atoms with van der Waals surface area (Å²) < 4.78 is 24.5. The summed E-state index contributed by atoms with van der Waals surface area (Å²) in [4.78, 5) is 14.6. The second-order valence-corrected chi connectivity index (χ2v) is 6.83. The number of aliphatic hydroxyl groups is 1. The Balaban J connectivity index is 1.57. The smallest absolute Gasteiger partial charge is 0.288 e. The van der Waals surface area contributed by atoms with E-state index in [1.165, 1.54) is 12.1 Å². The molecule has 0 bridgehead atoms. The molecule has 28 heavy (non-hydrogen) atoms. The number of aliphatic hydroxyl groups excluding tert-OH is 1. The van der Waals surface area contributed by atoms with Crippen LogP contribution in [0.5, 0.6) is 5.75 Å². The maximum absolute atomic E-state index is 13.6. The summed E-state index contributed by atoms with van der Waals surface area (Å²) in [6.45, 7) is 1.06. The lowest BCUT2D eigenvalue weighted by Gasteiger charge is -2.31. The fraction of sp³-hybridized carbons (Fsp3) is 0.286. The number of nitrogens with one attached hydrogen (secondary N) is 1. The van der Waals surface area contributed by atoms with Crippen LogP contribution in [0.25, 0.3) is 0 Å². The van der Waals surface area contributed by atoms with Crippen LogP contribution in [0.15, 0.2) is 60.5 Å². The van der Waals surface area contributed by atoms with Crippen molar-refractivity contribution in [3.8, 4) is 5.75 Å². The Morgan fingerprint density at radius 1 is 1.25 bits per heavy atom. The summed E-state index contributed by atoms with van der Waals surface area (Å²) in [6, 6.07) is 13.3. The Kier molecular flexibility index (Phi) is 5.27. The van der Waals surface area contributed by atoms with Gasteiger partial charge in [0.15, 0.2) is 5.75 Å². The molecule has 0 aliphatic carbocycles. The second kappa shape index (κ2) is 8.00. The molecule has 2 aromatic carbocycles. The lowest BCUT2D eigenvalue weighted by Crippen LogP contribution is -2.49. The van der Waals surface area contributed by atoms with Crippen LogP contribution in [-0.4, -0.2) is 36.4 Å². The zero-order chi connectivity index (χ0) is 19.5. The van der Waals surface area contributed by atoms with E-state index in [9.17, 15) is 14.3 Å². The first-order valence-corrected chi connectivity index (χ1v) is 9.16. The number of hydrogen-bond acceptors (Lipinski definition) is 5. The first-order valence-electron chi connectivity index (χ1n) is 9.16. The normalized spacial score (nSPS) is 21.4. The molecule has 0 spiro atoms. The molecule has 2 aliphatic heterocycles. The predicted octanol–water partition coefficient (Wildman–Crippen LogP) is 2.33. The van der Waals surface area contributed by atoms with Crippen molar-refractivity contribution >= 4 is 11.6 Å². The van der Waals surface area contributed by atoms with Gasteiger partial charge in [0.25, 0.3) is 5.91 Å². The summed E-state index contributed by atoms with van der Waals surface area (Å²) >= 11 is 0. The molecule has 0 aromatic heterocycles. The van der Waals surface area contributed by atoms with Gasteiger partial charge < -0.3 is 24.8 Å². The number of rotatable bonds is 4. The Hall–Kier alpha value is -2.90. The summed E-state index contributed by atoms with van der Waals surface area (Å²) in [5, 5.41) is 12.8. The van der Waals surface area contributed by atoms with Crippen LogP contribution in [-0.2, 0) is 16.1 Å². The van der Waals surface area contributed by atoms with Gasteiger partial charge in [-0.25, -0.2) is 4.39 Å². The molecule has 7 heteroatoms. The van der Waals surface area contributed by atoms with Crippen molar-refractivity contribution in [3.05, 3.63) is 71.9 Å². The largest absolute Gasteiger partial charge is 0.448 e. The predicted molar refractivity (Wildman–Crippen MR) is 101 cm³/mol. The maximum atomic E-state index is 13.6. The summed E-state index contributed by atoms with van der Waals surface area (Å²) in [6.07, 6.45) is 1.38. The van der Waals surface area contributed by atoms with E-state index in [1.54, 1.807) is 18.3 Å². The van der Waals surface area contributed by atoms with Gasteiger partial charge >= 0.3 is 0 Å². The molecular formula is C21H21FN2O4. The van der Waals surface area contributed by atoms with Gasteiger partial charge in [0.05, 0.1) is 30.6 Å². The number of benzene rings is 2. The van der Waals surface area contributed by atoms with E-state index in [-0.39, 0.29) is 24.2 Å². The Labute approximate surface area is 162 Å². The lowest BCUT2D eigenvalue weighted by molar-refractivity contribution is -0.122. The Bertz CT molecular complexity index is 901. The number of fused-ring (bicyclic) bond motifs is 1. The van der Waals surface area contributed by atoms with Crippen molar-refractivity contribution < 1.29 is 23.8 Å². The van der Waals surface area contributed by atoms with Crippen LogP contribution < -0.4 is 15.0 Å². The van der Waals surface area contributed by atoms with Gasteiger partial charge in [-0.3, -0.25) is 4.79 Å². The molecular weight excluding hydrogens is 363 g/mol. The van der Waals surface area contributed by atoms with Gasteiger partial charge in [0.2, 0.25) is 5.76 Å². The summed E-state index contributed by atoms with van der Waals surface area (Å²) in [7, 11) is 0. The molecule has 2 atom stereocenters. The van der Waals surface area contributed by atoms with E-state index >= 15 is 0 Å². The number of para-hydroxylation sites is 2. The van der Waals surface area contributed by atoms with Crippen molar-refractivity contribution in [2.75, 3.05) is 18.1 Å². The Morgan fingerprint density at radius 2 is 2.11 bits per heavy atom. The number of hydrogen-bond donors (Lipinski definition) is 2. The van der Waals surface area contributed by atoms with E-state index in [1.807, 2.05) is 29.2 Å². The standard InChI is InChI=1S/C21H21FN2O4/c22-15-5-3-4-14(10-15)11-24-12-20(28-19-7-2-1-6-17(19)24)21(26)23-16-8-9-27-13-18(16)25/h1-7,10,12,16,18,25H,8-9,11,13H2,(H,23,26). The molecule has 146 valence electrons. The van der Waals surface area contributed by atoms with Gasteiger partial charge in [-0.1, -0.05) is 24.3 Å². The molecule has 2 heterocycles. The molecule has 2 N–H and O–H groups in total. The molecule has 2 aliphatic rings. The zero-order valence-corrected chi connectivity index (χ0v) is 15.2. The highest BCUT2D eigenvalue weighted by atomic mass is 19.1. The van der Waals surface area contributed by atoms with Crippen LogP contribution in [0.3, 0.4) is 0 Å². The number of ether oxygens (including phenoxy) is 2. The van der Waals surface area contributed by atoms with Crippen molar-refractivity contribution in [2.45, 2.75) is 25.1 Å². The van der Waals surface area contributed by atoms with Gasteiger partial charge in [-0.15, -0.1) is 0 Å². The Morgan fingerprint density at radius 3 is 2.93 bits per heavy atom. The maximum Gasteiger partial charge on any atom is 0.288 e. The van der Waals surface area contributed by atoms with Crippen LogP contribution >= 0.6 is 0 Å². The summed E-state index contributed by atoms with van der Waals surface area (Å²) in [5.74, 6) is -0.0629. The van der Waals surface area contributed by atoms with Crippen molar-refractivity contribution in [2.24, 2.45) is 0 Å². The van der Waals surface area contributed by atoms with E-state index < -0.39 is 12.0 Å². The highest BCUT2D eigenvalue weighted by Gasteiger charge is 2.29. The van der Waals surface area contributed by atoms with Crippen LogP contribution in [0.4, 0.5) is 10.1 Å².